The molecule has 7 heteroatoms. The van der Waals surface area contributed by atoms with E-state index in [1.165, 1.54) is 5.82 Å². The van der Waals surface area contributed by atoms with Gasteiger partial charge in [0.2, 0.25) is 5.69 Å². The SMILES string of the molecule is Cc1c(-[n+]2cc(-c3ccc(Br)cc3)n3c2CCC3)c(=O)n(-c2ccccc2)n1C.[Br-]. The van der Waals surface area contributed by atoms with Crippen molar-refractivity contribution in [2.45, 2.75) is 26.3 Å². The number of nitrogens with zero attached hydrogens (tertiary/aromatic N) is 4. The molecule has 0 amide bonds. The van der Waals surface area contributed by atoms with Gasteiger partial charge in [0, 0.05) is 17.1 Å². The number of para-hydroxylation sites is 1. The summed E-state index contributed by atoms with van der Waals surface area (Å²) >= 11 is 3.52. The third-order valence-electron chi connectivity index (χ3n) is 5.82. The van der Waals surface area contributed by atoms with Crippen LogP contribution >= 0.6 is 15.9 Å². The highest BCUT2D eigenvalue weighted by Crippen LogP contribution is 2.27. The van der Waals surface area contributed by atoms with E-state index in [2.05, 4.69) is 55.5 Å². The Morgan fingerprint density at radius 1 is 1.03 bits per heavy atom. The molecule has 2 aromatic carbocycles. The lowest BCUT2D eigenvalue weighted by Gasteiger charge is -2.06. The van der Waals surface area contributed by atoms with Crippen LogP contribution < -0.4 is 27.1 Å². The van der Waals surface area contributed by atoms with Crippen LogP contribution in [-0.4, -0.2) is 13.9 Å². The number of rotatable bonds is 3. The number of halogens is 2. The molecule has 0 atom stereocenters. The van der Waals surface area contributed by atoms with Crippen LogP contribution in [0, 0.1) is 6.92 Å². The van der Waals surface area contributed by atoms with E-state index < -0.39 is 0 Å². The van der Waals surface area contributed by atoms with E-state index in [1.807, 2.05) is 49.0 Å². The minimum Gasteiger partial charge on any atom is -1.00 e. The maximum atomic E-state index is 13.5. The van der Waals surface area contributed by atoms with Crippen molar-refractivity contribution in [3.8, 4) is 22.6 Å². The van der Waals surface area contributed by atoms with Crippen molar-refractivity contribution >= 4 is 15.9 Å². The van der Waals surface area contributed by atoms with Crippen molar-refractivity contribution in [1.29, 1.82) is 0 Å². The molecule has 2 aromatic heterocycles. The summed E-state index contributed by atoms with van der Waals surface area (Å²) < 4.78 is 9.21. The fraction of sp³-hybridized carbons (Fsp3) is 0.217. The first kappa shape index (κ1) is 20.9. The van der Waals surface area contributed by atoms with Crippen LogP contribution in [0.3, 0.4) is 0 Å². The Morgan fingerprint density at radius 2 is 1.73 bits per heavy atom. The van der Waals surface area contributed by atoms with Crippen LogP contribution in [0.1, 0.15) is 17.9 Å². The van der Waals surface area contributed by atoms with Crippen LogP contribution in [0.15, 0.2) is 70.1 Å². The molecule has 1 aliphatic rings. The van der Waals surface area contributed by atoms with Gasteiger partial charge in [-0.15, -0.1) is 0 Å². The van der Waals surface area contributed by atoms with Crippen LogP contribution in [0.25, 0.3) is 22.6 Å². The standard InChI is InChI=1S/C23H22BrN4O.BrH/c1-16-22(23(29)28(25(16)2)19-7-4-3-5-8-19)27-15-20(26-14-6-9-21(26)27)17-10-12-18(24)13-11-17;/h3-5,7-8,10-13,15H,6,9,14H2,1-2H3;1H/q+1;/p-1. The van der Waals surface area contributed by atoms with E-state index in [0.717, 1.165) is 52.2 Å². The van der Waals surface area contributed by atoms with Gasteiger partial charge in [-0.3, -0.25) is 9.48 Å². The molecule has 0 radical (unpaired) electrons. The molecule has 3 heterocycles. The molecule has 0 saturated carbocycles. The third-order valence-corrected chi connectivity index (χ3v) is 6.35. The van der Waals surface area contributed by atoms with Gasteiger partial charge in [0.15, 0.2) is 5.69 Å². The molecular weight excluding hydrogens is 508 g/mol. The number of aromatic nitrogens is 4. The van der Waals surface area contributed by atoms with Gasteiger partial charge < -0.3 is 17.0 Å². The zero-order valence-electron chi connectivity index (χ0n) is 16.8. The summed E-state index contributed by atoms with van der Waals surface area (Å²) in [5.41, 5.74) is 4.87. The summed E-state index contributed by atoms with van der Waals surface area (Å²) in [6.07, 6.45) is 4.19. The van der Waals surface area contributed by atoms with Crippen molar-refractivity contribution in [1.82, 2.24) is 13.9 Å². The molecule has 0 fully saturated rings. The molecule has 0 spiro atoms. The molecule has 154 valence electrons. The second-order valence-corrected chi connectivity index (χ2v) is 8.39. The van der Waals surface area contributed by atoms with E-state index in [-0.39, 0.29) is 22.5 Å². The largest absolute Gasteiger partial charge is 1.00 e. The summed E-state index contributed by atoms with van der Waals surface area (Å²) in [4.78, 5) is 13.5. The van der Waals surface area contributed by atoms with E-state index in [4.69, 9.17) is 0 Å². The lowest BCUT2D eigenvalue weighted by molar-refractivity contribution is -0.604. The first-order valence-electron chi connectivity index (χ1n) is 9.80. The molecule has 0 bridgehead atoms. The normalized spacial score (nSPS) is 12.6. The molecule has 0 unspecified atom stereocenters. The van der Waals surface area contributed by atoms with Gasteiger partial charge in [-0.2, -0.15) is 4.57 Å². The Balaban J connectivity index is 0.00000218. The summed E-state index contributed by atoms with van der Waals surface area (Å²) in [5.74, 6) is 1.19. The first-order chi connectivity index (χ1) is 14.1. The molecular formula is C23H22Br2N4O. The summed E-state index contributed by atoms with van der Waals surface area (Å²) in [5, 5.41) is 0. The number of hydrogen-bond donors (Lipinski definition) is 0. The van der Waals surface area contributed by atoms with Gasteiger partial charge in [0.25, 0.3) is 5.82 Å². The molecule has 0 saturated heterocycles. The van der Waals surface area contributed by atoms with Gasteiger partial charge in [0.05, 0.1) is 24.3 Å². The Hall–Kier alpha value is -2.38. The van der Waals surface area contributed by atoms with Gasteiger partial charge in [0.1, 0.15) is 6.20 Å². The second-order valence-electron chi connectivity index (χ2n) is 7.47. The van der Waals surface area contributed by atoms with Crippen LogP contribution in [0.4, 0.5) is 0 Å². The molecule has 4 aromatic rings. The molecule has 5 nitrogen and oxygen atoms in total. The van der Waals surface area contributed by atoms with Crippen molar-refractivity contribution in [3.05, 3.63) is 87.1 Å². The highest BCUT2D eigenvalue weighted by molar-refractivity contribution is 9.10. The van der Waals surface area contributed by atoms with Crippen LogP contribution in [-0.2, 0) is 20.0 Å². The predicted octanol–water partition coefficient (Wildman–Crippen LogP) is 0.942. The fourth-order valence-corrected chi connectivity index (χ4v) is 4.58. The molecule has 0 N–H and O–H groups in total. The van der Waals surface area contributed by atoms with Gasteiger partial charge in [-0.25, -0.2) is 9.25 Å². The Morgan fingerprint density at radius 3 is 2.43 bits per heavy atom. The quantitative estimate of drug-likeness (QED) is 0.364. The van der Waals surface area contributed by atoms with Crippen molar-refractivity contribution in [2.24, 2.45) is 7.05 Å². The van der Waals surface area contributed by atoms with E-state index in [9.17, 15) is 4.79 Å². The summed E-state index contributed by atoms with van der Waals surface area (Å²) in [7, 11) is 1.94. The summed E-state index contributed by atoms with van der Waals surface area (Å²) in [6.45, 7) is 2.99. The van der Waals surface area contributed by atoms with Crippen molar-refractivity contribution in [2.75, 3.05) is 0 Å². The van der Waals surface area contributed by atoms with Gasteiger partial charge in [-0.1, -0.05) is 34.1 Å². The lowest BCUT2D eigenvalue weighted by Crippen LogP contribution is -3.00. The Bertz CT molecular complexity index is 1270. The first-order valence-corrected chi connectivity index (χ1v) is 10.6. The topological polar surface area (TPSA) is 35.7 Å². The maximum Gasteiger partial charge on any atom is 0.319 e. The minimum atomic E-state index is 0. The Labute approximate surface area is 194 Å². The molecule has 30 heavy (non-hydrogen) atoms. The molecule has 0 aliphatic carbocycles. The monoisotopic (exact) mass is 528 g/mol. The number of benzene rings is 2. The van der Waals surface area contributed by atoms with Crippen LogP contribution in [0.5, 0.6) is 0 Å². The summed E-state index contributed by atoms with van der Waals surface area (Å²) in [6, 6.07) is 18.2. The smallest absolute Gasteiger partial charge is 0.319 e. The average Bonchev–Trinajstić information content (AvgIpc) is 3.38. The third kappa shape index (κ3) is 3.20. The highest BCUT2D eigenvalue weighted by Gasteiger charge is 2.33. The Kier molecular flexibility index (Phi) is 5.59. The number of fused-ring (bicyclic) bond motifs is 1. The second kappa shape index (κ2) is 8.04. The van der Waals surface area contributed by atoms with Gasteiger partial charge >= 0.3 is 5.56 Å². The van der Waals surface area contributed by atoms with Crippen molar-refractivity contribution in [3.63, 3.8) is 0 Å². The molecule has 1 aliphatic heterocycles. The van der Waals surface area contributed by atoms with Crippen molar-refractivity contribution < 1.29 is 21.5 Å². The number of hydrogen-bond acceptors (Lipinski definition) is 1. The van der Waals surface area contributed by atoms with E-state index in [0.29, 0.717) is 0 Å². The average molecular weight is 530 g/mol. The number of imidazole rings is 1. The lowest BCUT2D eigenvalue weighted by atomic mass is 10.2. The van der Waals surface area contributed by atoms with Gasteiger partial charge in [-0.05, 0) is 49.7 Å². The maximum absolute atomic E-state index is 13.5. The van der Waals surface area contributed by atoms with Crippen LogP contribution in [0.2, 0.25) is 0 Å². The highest BCUT2D eigenvalue weighted by atomic mass is 79.9. The predicted molar refractivity (Wildman–Crippen MR) is 117 cm³/mol. The fourth-order valence-electron chi connectivity index (χ4n) is 4.31. The van der Waals surface area contributed by atoms with E-state index >= 15 is 0 Å². The zero-order valence-corrected chi connectivity index (χ0v) is 20.0. The van der Waals surface area contributed by atoms with E-state index in [1.54, 1.807) is 4.68 Å². The zero-order chi connectivity index (χ0) is 20.1. The molecule has 5 rings (SSSR count). The minimum absolute atomic E-state index is 0.